The van der Waals surface area contributed by atoms with Gasteiger partial charge >= 0.3 is 0 Å². The van der Waals surface area contributed by atoms with E-state index in [4.69, 9.17) is 0 Å². The smallest absolute Gasteiger partial charge is 0.240 e. The van der Waals surface area contributed by atoms with Crippen LogP contribution in [-0.4, -0.2) is 20.5 Å². The van der Waals surface area contributed by atoms with Gasteiger partial charge < -0.3 is 5.32 Å². The summed E-state index contributed by atoms with van der Waals surface area (Å²) in [6.07, 6.45) is 1.08. The van der Waals surface area contributed by atoms with Crippen molar-refractivity contribution in [1.29, 1.82) is 0 Å². The van der Waals surface area contributed by atoms with Gasteiger partial charge in [-0.25, -0.2) is 13.1 Å². The molecule has 0 saturated heterocycles. The number of hydrogen-bond donors (Lipinski definition) is 2. The van der Waals surface area contributed by atoms with Crippen LogP contribution in [0.25, 0.3) is 0 Å². The van der Waals surface area contributed by atoms with Gasteiger partial charge in [-0.15, -0.1) is 0 Å². The normalized spacial score (nSPS) is 13.8. The molecule has 0 bridgehead atoms. The maximum atomic E-state index is 12.0. The Morgan fingerprint density at radius 3 is 2.00 bits per heavy atom. The quantitative estimate of drug-likeness (QED) is 0.812. The minimum atomic E-state index is -3.40. The molecular formula is C15H26N2O2S. The molecule has 0 aliphatic heterocycles. The summed E-state index contributed by atoms with van der Waals surface area (Å²) in [5.74, 6) is 0.632. The van der Waals surface area contributed by atoms with E-state index in [9.17, 15) is 8.42 Å². The first-order valence-corrected chi connectivity index (χ1v) is 8.58. The van der Waals surface area contributed by atoms with E-state index in [1.807, 2.05) is 12.1 Å². The lowest BCUT2D eigenvalue weighted by Crippen LogP contribution is -2.30. The van der Waals surface area contributed by atoms with Gasteiger partial charge in [0, 0.05) is 17.8 Å². The van der Waals surface area contributed by atoms with Crippen LogP contribution in [-0.2, 0) is 10.0 Å². The van der Waals surface area contributed by atoms with E-state index in [-0.39, 0.29) is 6.04 Å². The van der Waals surface area contributed by atoms with E-state index in [1.54, 1.807) is 26.0 Å². The average molecular weight is 298 g/mol. The summed E-state index contributed by atoms with van der Waals surface area (Å²) >= 11 is 0. The Hall–Kier alpha value is -1.07. The lowest BCUT2D eigenvalue weighted by Gasteiger charge is -2.17. The molecule has 0 aliphatic rings. The van der Waals surface area contributed by atoms with Crippen LogP contribution in [0.1, 0.15) is 41.0 Å². The second-order valence-corrected chi connectivity index (χ2v) is 7.69. The molecule has 1 aromatic rings. The van der Waals surface area contributed by atoms with Crippen LogP contribution in [0.5, 0.6) is 0 Å². The zero-order valence-corrected chi connectivity index (χ0v) is 13.8. The zero-order chi connectivity index (χ0) is 15.3. The Labute approximate surface area is 123 Å². The monoisotopic (exact) mass is 298 g/mol. The van der Waals surface area contributed by atoms with E-state index in [0.717, 1.165) is 12.1 Å². The van der Waals surface area contributed by atoms with E-state index in [0.29, 0.717) is 16.9 Å². The molecule has 2 N–H and O–H groups in total. The largest absolute Gasteiger partial charge is 0.383 e. The van der Waals surface area contributed by atoms with Gasteiger partial charge in [0.25, 0.3) is 0 Å². The molecule has 1 atom stereocenters. The summed E-state index contributed by atoms with van der Waals surface area (Å²) < 4.78 is 26.6. The first-order chi connectivity index (χ1) is 9.20. The summed E-state index contributed by atoms with van der Waals surface area (Å²) in [5.41, 5.74) is 0.946. The molecule has 4 nitrogen and oxygen atoms in total. The van der Waals surface area contributed by atoms with Crippen LogP contribution in [0, 0.1) is 5.92 Å². The highest BCUT2D eigenvalue weighted by atomic mass is 32.2. The third-order valence-corrected chi connectivity index (χ3v) is 4.47. The Morgan fingerprint density at radius 1 is 1.00 bits per heavy atom. The van der Waals surface area contributed by atoms with Crippen molar-refractivity contribution < 1.29 is 8.42 Å². The van der Waals surface area contributed by atoms with Crippen molar-refractivity contribution in [1.82, 2.24) is 4.72 Å². The number of benzene rings is 1. The standard InChI is InChI=1S/C15H26N2O2S/c1-11(2)10-13(5)16-14-6-8-15(9-7-14)20(18,19)17-12(3)4/h6-9,11-13,16-17H,10H2,1-5H3. The number of nitrogens with one attached hydrogen (secondary N) is 2. The van der Waals surface area contributed by atoms with Crippen LogP contribution < -0.4 is 10.0 Å². The molecule has 1 rings (SSSR count). The van der Waals surface area contributed by atoms with Gasteiger partial charge in [-0.3, -0.25) is 0 Å². The Balaban J connectivity index is 2.74. The van der Waals surface area contributed by atoms with Gasteiger partial charge in [-0.1, -0.05) is 13.8 Å². The van der Waals surface area contributed by atoms with E-state index < -0.39 is 10.0 Å². The van der Waals surface area contributed by atoms with Crippen molar-refractivity contribution in [3.8, 4) is 0 Å². The van der Waals surface area contributed by atoms with Crippen LogP contribution in [0.15, 0.2) is 29.2 Å². The maximum Gasteiger partial charge on any atom is 0.240 e. The van der Waals surface area contributed by atoms with Gasteiger partial charge in [0.15, 0.2) is 0 Å². The summed E-state index contributed by atoms with van der Waals surface area (Å²) in [4.78, 5) is 0.299. The van der Waals surface area contributed by atoms with Crippen LogP contribution in [0.2, 0.25) is 0 Å². The highest BCUT2D eigenvalue weighted by Crippen LogP contribution is 2.16. The zero-order valence-electron chi connectivity index (χ0n) is 13.0. The van der Waals surface area contributed by atoms with Gasteiger partial charge in [-0.2, -0.15) is 0 Å². The fourth-order valence-corrected chi connectivity index (χ4v) is 3.41. The molecule has 5 heteroatoms. The third-order valence-electron chi connectivity index (χ3n) is 2.79. The van der Waals surface area contributed by atoms with Gasteiger partial charge in [0.2, 0.25) is 10.0 Å². The lowest BCUT2D eigenvalue weighted by atomic mass is 10.1. The molecule has 1 aromatic carbocycles. The number of sulfonamides is 1. The summed E-state index contributed by atoms with van der Waals surface area (Å²) in [6, 6.07) is 7.15. The topological polar surface area (TPSA) is 58.2 Å². The predicted molar refractivity (Wildman–Crippen MR) is 84.4 cm³/mol. The first-order valence-electron chi connectivity index (χ1n) is 7.09. The molecule has 0 fully saturated rings. The van der Waals surface area contributed by atoms with Crippen molar-refractivity contribution in [2.24, 2.45) is 5.92 Å². The van der Waals surface area contributed by atoms with Crippen LogP contribution in [0.3, 0.4) is 0 Å². The van der Waals surface area contributed by atoms with Crippen LogP contribution in [0.4, 0.5) is 5.69 Å². The van der Waals surface area contributed by atoms with Crippen molar-refractivity contribution >= 4 is 15.7 Å². The minimum Gasteiger partial charge on any atom is -0.383 e. The van der Waals surface area contributed by atoms with Crippen molar-refractivity contribution in [3.63, 3.8) is 0 Å². The Bertz CT molecular complexity index is 507. The molecule has 0 aromatic heterocycles. The molecule has 0 heterocycles. The summed E-state index contributed by atoms with van der Waals surface area (Å²) in [6.45, 7) is 10.1. The van der Waals surface area contributed by atoms with Crippen molar-refractivity contribution in [2.75, 3.05) is 5.32 Å². The molecular weight excluding hydrogens is 272 g/mol. The van der Waals surface area contributed by atoms with Crippen molar-refractivity contribution in [2.45, 2.75) is 58.0 Å². The summed E-state index contributed by atoms with van der Waals surface area (Å²) in [7, 11) is -3.40. The number of rotatable bonds is 7. The van der Waals surface area contributed by atoms with E-state index in [1.165, 1.54) is 0 Å². The van der Waals surface area contributed by atoms with Gasteiger partial charge in [0.05, 0.1) is 4.90 Å². The predicted octanol–water partition coefficient (Wildman–Crippen LogP) is 3.22. The molecule has 1 unspecified atom stereocenters. The average Bonchev–Trinajstić information content (AvgIpc) is 2.26. The van der Waals surface area contributed by atoms with Crippen molar-refractivity contribution in [3.05, 3.63) is 24.3 Å². The summed E-state index contributed by atoms with van der Waals surface area (Å²) in [5, 5.41) is 3.38. The Kier molecular flexibility index (Phi) is 6.02. The molecule has 0 radical (unpaired) electrons. The third kappa shape index (κ3) is 5.51. The number of hydrogen-bond acceptors (Lipinski definition) is 3. The minimum absolute atomic E-state index is 0.108. The van der Waals surface area contributed by atoms with Gasteiger partial charge in [-0.05, 0) is 57.4 Å². The van der Waals surface area contributed by atoms with Gasteiger partial charge in [0.1, 0.15) is 0 Å². The molecule has 114 valence electrons. The Morgan fingerprint density at radius 2 is 1.55 bits per heavy atom. The SMILES string of the molecule is CC(C)CC(C)Nc1ccc(S(=O)(=O)NC(C)C)cc1. The van der Waals surface area contributed by atoms with Crippen LogP contribution >= 0.6 is 0 Å². The second-order valence-electron chi connectivity index (χ2n) is 5.98. The number of anilines is 1. The highest BCUT2D eigenvalue weighted by Gasteiger charge is 2.15. The lowest BCUT2D eigenvalue weighted by molar-refractivity contribution is 0.540. The van der Waals surface area contributed by atoms with E-state index in [2.05, 4.69) is 30.8 Å². The van der Waals surface area contributed by atoms with E-state index >= 15 is 0 Å². The molecule has 0 amide bonds. The molecule has 0 saturated carbocycles. The fraction of sp³-hybridized carbons (Fsp3) is 0.600. The molecule has 0 spiro atoms. The fourth-order valence-electron chi connectivity index (χ4n) is 2.16. The maximum absolute atomic E-state index is 12.0. The highest BCUT2D eigenvalue weighted by molar-refractivity contribution is 7.89. The first kappa shape index (κ1) is 17.0. The molecule has 0 aliphatic carbocycles. The second kappa shape index (κ2) is 7.09. The molecule has 20 heavy (non-hydrogen) atoms.